The summed E-state index contributed by atoms with van der Waals surface area (Å²) in [7, 11) is 1.73. The standard InChI is InChI=1S/C25H43N3O2S3/c1-7-10-21(8-2)23(29)28-25(26-6)32-15-9-14-31-16-13-19(4)33-20(5)27-24(30)22-12-11-18(3)17-22/h18,21-22H,4-5,7-17H2,1-3,6H3,(H,27,30)(H,26,28,29). The van der Waals surface area contributed by atoms with E-state index >= 15 is 0 Å². The second-order valence-electron chi connectivity index (χ2n) is 8.64. The van der Waals surface area contributed by atoms with Crippen molar-refractivity contribution in [3.63, 3.8) is 0 Å². The van der Waals surface area contributed by atoms with Crippen molar-refractivity contribution in [2.75, 3.05) is 24.3 Å². The number of thioether (sulfide) groups is 3. The molecular weight excluding hydrogens is 470 g/mol. The minimum atomic E-state index is 0.0738. The van der Waals surface area contributed by atoms with Gasteiger partial charge in [-0.15, -0.1) is 0 Å². The molecule has 0 aromatic heterocycles. The van der Waals surface area contributed by atoms with Crippen LogP contribution in [0.15, 0.2) is 28.1 Å². The average Bonchev–Trinajstić information content (AvgIpc) is 3.22. The highest BCUT2D eigenvalue weighted by Crippen LogP contribution is 2.31. The highest BCUT2D eigenvalue weighted by molar-refractivity contribution is 8.13. The number of hydrogen-bond donors (Lipinski definition) is 2. The van der Waals surface area contributed by atoms with Crippen molar-refractivity contribution in [3.05, 3.63) is 23.1 Å². The van der Waals surface area contributed by atoms with E-state index in [1.54, 1.807) is 18.8 Å². The Balaban J connectivity index is 2.11. The molecule has 0 aliphatic heterocycles. The number of nitrogens with zero attached hydrogens (tertiary/aromatic N) is 1. The van der Waals surface area contributed by atoms with E-state index in [0.29, 0.717) is 10.9 Å². The number of allylic oxidation sites excluding steroid dienone is 1. The van der Waals surface area contributed by atoms with E-state index in [2.05, 4.69) is 49.6 Å². The smallest absolute Gasteiger partial charge is 0.229 e. The van der Waals surface area contributed by atoms with E-state index in [4.69, 9.17) is 0 Å². The first-order valence-electron chi connectivity index (χ1n) is 12.1. The van der Waals surface area contributed by atoms with Crippen LogP contribution in [0.2, 0.25) is 0 Å². The molecule has 1 fully saturated rings. The summed E-state index contributed by atoms with van der Waals surface area (Å²) in [5, 5.41) is 7.35. The van der Waals surface area contributed by atoms with Crippen molar-refractivity contribution in [2.24, 2.45) is 22.7 Å². The molecule has 3 unspecified atom stereocenters. The monoisotopic (exact) mass is 513 g/mol. The number of rotatable bonds is 15. The molecule has 0 heterocycles. The number of carbonyl (C=O) groups excluding carboxylic acids is 2. The third-order valence-corrected chi connectivity index (χ3v) is 8.69. The zero-order valence-corrected chi connectivity index (χ0v) is 23.4. The highest BCUT2D eigenvalue weighted by Gasteiger charge is 2.27. The van der Waals surface area contributed by atoms with Crippen LogP contribution in [0.5, 0.6) is 0 Å². The second kappa shape index (κ2) is 17.6. The van der Waals surface area contributed by atoms with Gasteiger partial charge in [0.2, 0.25) is 11.8 Å². The third-order valence-electron chi connectivity index (χ3n) is 5.73. The molecule has 0 spiro atoms. The molecule has 1 saturated carbocycles. The highest BCUT2D eigenvalue weighted by atomic mass is 32.2. The van der Waals surface area contributed by atoms with Crippen LogP contribution in [-0.2, 0) is 9.59 Å². The largest absolute Gasteiger partial charge is 0.321 e. The van der Waals surface area contributed by atoms with E-state index in [1.807, 2.05) is 11.8 Å². The lowest BCUT2D eigenvalue weighted by molar-refractivity contribution is -0.124. The summed E-state index contributed by atoms with van der Waals surface area (Å²) in [6, 6.07) is 0. The van der Waals surface area contributed by atoms with Gasteiger partial charge >= 0.3 is 0 Å². The van der Waals surface area contributed by atoms with Crippen molar-refractivity contribution in [3.8, 4) is 0 Å². The Bertz CT molecular complexity index is 682. The zero-order chi connectivity index (χ0) is 24.6. The van der Waals surface area contributed by atoms with Gasteiger partial charge in [-0.05, 0) is 67.3 Å². The molecule has 1 aliphatic carbocycles. The Hall–Kier alpha value is -0.860. The average molecular weight is 514 g/mol. The quantitative estimate of drug-likeness (QED) is 0.150. The Kier molecular flexibility index (Phi) is 16.1. The summed E-state index contributed by atoms with van der Waals surface area (Å²) in [4.78, 5) is 29.9. The van der Waals surface area contributed by atoms with Gasteiger partial charge in [0.1, 0.15) is 0 Å². The van der Waals surface area contributed by atoms with Crippen LogP contribution in [0.25, 0.3) is 0 Å². The van der Waals surface area contributed by atoms with Gasteiger partial charge < -0.3 is 10.6 Å². The van der Waals surface area contributed by atoms with Crippen molar-refractivity contribution >= 4 is 52.3 Å². The van der Waals surface area contributed by atoms with Crippen LogP contribution in [0.3, 0.4) is 0 Å². The molecule has 2 amide bonds. The van der Waals surface area contributed by atoms with Crippen molar-refractivity contribution in [2.45, 2.75) is 72.1 Å². The number of amidine groups is 1. The lowest BCUT2D eigenvalue weighted by Crippen LogP contribution is -2.34. The third kappa shape index (κ3) is 13.0. The Morgan fingerprint density at radius 3 is 2.48 bits per heavy atom. The Labute approximate surface area is 214 Å². The molecule has 0 saturated heterocycles. The van der Waals surface area contributed by atoms with Crippen LogP contribution in [0, 0.1) is 17.8 Å². The van der Waals surface area contributed by atoms with Crippen LogP contribution >= 0.6 is 35.3 Å². The predicted octanol–water partition coefficient (Wildman–Crippen LogP) is 6.43. The molecule has 33 heavy (non-hydrogen) atoms. The molecule has 1 aliphatic rings. The fourth-order valence-electron chi connectivity index (χ4n) is 3.79. The first-order valence-corrected chi connectivity index (χ1v) is 15.1. The number of carbonyl (C=O) groups is 2. The molecule has 188 valence electrons. The molecule has 5 nitrogen and oxygen atoms in total. The van der Waals surface area contributed by atoms with E-state index in [9.17, 15) is 9.59 Å². The first kappa shape index (κ1) is 30.2. The van der Waals surface area contributed by atoms with Crippen molar-refractivity contribution in [1.82, 2.24) is 10.6 Å². The maximum absolute atomic E-state index is 12.3. The number of amides is 2. The van der Waals surface area contributed by atoms with Gasteiger partial charge in [0.25, 0.3) is 0 Å². The van der Waals surface area contributed by atoms with Gasteiger partial charge in [-0.2, -0.15) is 11.8 Å². The maximum atomic E-state index is 12.3. The molecular formula is C25H43N3O2S3. The summed E-state index contributed by atoms with van der Waals surface area (Å²) in [6.07, 6.45) is 7.85. The molecule has 0 radical (unpaired) electrons. The first-order chi connectivity index (χ1) is 15.8. The molecule has 8 heteroatoms. The van der Waals surface area contributed by atoms with Gasteiger partial charge in [-0.1, -0.05) is 63.9 Å². The topological polar surface area (TPSA) is 70.6 Å². The van der Waals surface area contributed by atoms with Gasteiger partial charge in [0.05, 0.1) is 5.03 Å². The maximum Gasteiger partial charge on any atom is 0.229 e. The minimum absolute atomic E-state index is 0.0738. The Morgan fingerprint density at radius 1 is 1.12 bits per heavy atom. The summed E-state index contributed by atoms with van der Waals surface area (Å²) in [5.74, 6) is 4.04. The summed E-state index contributed by atoms with van der Waals surface area (Å²) >= 11 is 5.00. The van der Waals surface area contributed by atoms with Crippen LogP contribution in [-0.4, -0.2) is 41.3 Å². The lowest BCUT2D eigenvalue weighted by Gasteiger charge is -2.14. The normalized spacial score (nSPS) is 19.2. The SMILES string of the molecule is C=C(CCSCCCS/C(=N\C)NC(=O)C(CC)CCC)SC(=C)NC(=O)C1CCC(C)C1. The van der Waals surface area contributed by atoms with Crippen LogP contribution in [0.1, 0.15) is 72.1 Å². The lowest BCUT2D eigenvalue weighted by atomic mass is 10.0. The summed E-state index contributed by atoms with van der Waals surface area (Å²) in [6.45, 7) is 14.5. The fraction of sp³-hybridized carbons (Fsp3) is 0.720. The number of aliphatic imine (C=N–C) groups is 1. The second-order valence-corrected chi connectivity index (χ2v) is 12.2. The van der Waals surface area contributed by atoms with Gasteiger partial charge in [-0.25, -0.2) is 0 Å². The minimum Gasteiger partial charge on any atom is -0.321 e. The zero-order valence-electron chi connectivity index (χ0n) is 20.9. The molecule has 0 aromatic rings. The van der Waals surface area contributed by atoms with Crippen molar-refractivity contribution < 1.29 is 9.59 Å². The molecule has 1 rings (SSSR count). The van der Waals surface area contributed by atoms with E-state index < -0.39 is 0 Å². The number of hydrogen-bond acceptors (Lipinski definition) is 6. The molecule has 0 bridgehead atoms. The number of nitrogens with one attached hydrogen (secondary N) is 2. The molecule has 0 aromatic carbocycles. The van der Waals surface area contributed by atoms with Crippen molar-refractivity contribution in [1.29, 1.82) is 0 Å². The van der Waals surface area contributed by atoms with Crippen LogP contribution < -0.4 is 10.6 Å². The van der Waals surface area contributed by atoms with E-state index in [0.717, 1.165) is 78.7 Å². The summed E-state index contributed by atoms with van der Waals surface area (Å²) in [5.41, 5.74) is 0. The molecule has 3 atom stereocenters. The van der Waals surface area contributed by atoms with E-state index in [-0.39, 0.29) is 23.7 Å². The molecule has 2 N–H and O–H groups in total. The van der Waals surface area contributed by atoms with Crippen LogP contribution in [0.4, 0.5) is 0 Å². The van der Waals surface area contributed by atoms with Gasteiger partial charge in [0, 0.05) is 24.6 Å². The fourth-order valence-corrected chi connectivity index (χ4v) is 6.53. The predicted molar refractivity (Wildman–Crippen MR) is 150 cm³/mol. The van der Waals surface area contributed by atoms with E-state index in [1.165, 1.54) is 11.8 Å². The Morgan fingerprint density at radius 2 is 1.88 bits per heavy atom. The summed E-state index contributed by atoms with van der Waals surface area (Å²) < 4.78 is 0. The van der Waals surface area contributed by atoms with Gasteiger partial charge in [0.15, 0.2) is 5.17 Å². The van der Waals surface area contributed by atoms with Gasteiger partial charge in [-0.3, -0.25) is 14.6 Å².